The molecule has 0 spiro atoms. The summed E-state index contributed by atoms with van der Waals surface area (Å²) in [5.41, 5.74) is 0.541. The summed E-state index contributed by atoms with van der Waals surface area (Å²) < 4.78 is 13.2. The summed E-state index contributed by atoms with van der Waals surface area (Å²) in [6.45, 7) is 0.0266. The van der Waals surface area contributed by atoms with Gasteiger partial charge in [0.1, 0.15) is 12.4 Å². The first-order valence-corrected chi connectivity index (χ1v) is 7.54. The van der Waals surface area contributed by atoms with Crippen LogP contribution in [0, 0.1) is 5.82 Å². The molecule has 1 aliphatic rings. The lowest BCUT2D eigenvalue weighted by Crippen LogP contribution is -2.38. The van der Waals surface area contributed by atoms with Crippen molar-refractivity contribution in [2.24, 2.45) is 0 Å². The molecule has 1 heterocycles. The van der Waals surface area contributed by atoms with Crippen molar-refractivity contribution in [3.05, 3.63) is 30.1 Å². The highest BCUT2D eigenvalue weighted by Crippen LogP contribution is 2.17. The topological polar surface area (TPSA) is 72.7 Å². The smallest absolute Gasteiger partial charge is 0.243 e. The molecule has 1 N–H and O–H groups in total. The lowest BCUT2D eigenvalue weighted by Gasteiger charge is -2.22. The van der Waals surface area contributed by atoms with E-state index >= 15 is 0 Å². The quantitative estimate of drug-likeness (QED) is 0.936. The fourth-order valence-corrected chi connectivity index (χ4v) is 2.70. The van der Waals surface area contributed by atoms with E-state index in [4.69, 9.17) is 0 Å². The molecule has 1 aromatic carbocycles. The number of carbonyl (C=O) groups is 1. The van der Waals surface area contributed by atoms with E-state index in [0.717, 1.165) is 25.7 Å². The van der Waals surface area contributed by atoms with E-state index in [0.29, 0.717) is 11.4 Å². The summed E-state index contributed by atoms with van der Waals surface area (Å²) >= 11 is 0. The maximum Gasteiger partial charge on any atom is 0.243 e. The maximum absolute atomic E-state index is 13.2. The number of hydrogen-bond acceptors (Lipinski definition) is 4. The van der Waals surface area contributed by atoms with Crippen molar-refractivity contribution in [2.75, 3.05) is 0 Å². The van der Waals surface area contributed by atoms with Gasteiger partial charge in [-0.3, -0.25) is 4.79 Å². The zero-order chi connectivity index (χ0) is 15.4. The van der Waals surface area contributed by atoms with Crippen molar-refractivity contribution in [3.63, 3.8) is 0 Å². The van der Waals surface area contributed by atoms with Gasteiger partial charge in [0.2, 0.25) is 11.7 Å². The minimum absolute atomic E-state index is 0.0266. The summed E-state index contributed by atoms with van der Waals surface area (Å²) in [7, 11) is 0. The molecule has 0 atom stereocenters. The molecule has 1 aromatic heterocycles. The number of rotatable bonds is 4. The first kappa shape index (κ1) is 14.6. The highest BCUT2D eigenvalue weighted by molar-refractivity contribution is 5.75. The molecule has 1 fully saturated rings. The van der Waals surface area contributed by atoms with Crippen LogP contribution in [0.1, 0.15) is 32.1 Å². The molecule has 6 nitrogen and oxygen atoms in total. The first-order valence-electron chi connectivity index (χ1n) is 7.54. The molecule has 1 saturated carbocycles. The predicted octanol–water partition coefficient (Wildman–Crippen LogP) is 1.93. The van der Waals surface area contributed by atoms with Crippen LogP contribution in [0.4, 0.5) is 4.39 Å². The number of nitrogens with zero attached hydrogens (tertiary/aromatic N) is 4. The van der Waals surface area contributed by atoms with Gasteiger partial charge in [-0.2, -0.15) is 4.80 Å². The highest BCUT2D eigenvalue weighted by atomic mass is 19.1. The highest BCUT2D eigenvalue weighted by Gasteiger charge is 2.16. The molecule has 0 radical (unpaired) electrons. The van der Waals surface area contributed by atoms with Gasteiger partial charge in [0, 0.05) is 11.6 Å². The van der Waals surface area contributed by atoms with Crippen molar-refractivity contribution < 1.29 is 9.18 Å². The molecule has 22 heavy (non-hydrogen) atoms. The second-order valence-corrected chi connectivity index (χ2v) is 5.56. The average Bonchev–Trinajstić information content (AvgIpc) is 2.96. The van der Waals surface area contributed by atoms with Gasteiger partial charge in [-0.25, -0.2) is 4.39 Å². The van der Waals surface area contributed by atoms with Gasteiger partial charge in [-0.05, 0) is 30.2 Å². The largest absolute Gasteiger partial charge is 0.352 e. The number of benzene rings is 1. The second kappa shape index (κ2) is 6.64. The Morgan fingerprint density at radius 2 is 2.14 bits per heavy atom. The summed E-state index contributed by atoms with van der Waals surface area (Å²) in [6, 6.07) is 6.23. The number of nitrogens with one attached hydrogen (secondary N) is 1. The van der Waals surface area contributed by atoms with E-state index in [2.05, 4.69) is 20.7 Å². The van der Waals surface area contributed by atoms with Crippen LogP contribution >= 0.6 is 0 Å². The number of carbonyl (C=O) groups excluding carboxylic acids is 1. The van der Waals surface area contributed by atoms with Gasteiger partial charge in [0.25, 0.3) is 0 Å². The lowest BCUT2D eigenvalue weighted by molar-refractivity contribution is -0.123. The van der Waals surface area contributed by atoms with Crippen LogP contribution in [-0.2, 0) is 11.3 Å². The maximum atomic E-state index is 13.2. The third-order valence-corrected chi connectivity index (χ3v) is 3.79. The Bertz CT molecular complexity index is 651. The van der Waals surface area contributed by atoms with Gasteiger partial charge < -0.3 is 5.32 Å². The minimum atomic E-state index is -0.358. The van der Waals surface area contributed by atoms with Crippen LogP contribution in [0.15, 0.2) is 24.3 Å². The SMILES string of the molecule is O=C(Cn1nnc(-c2cccc(F)c2)n1)NC1CCCCC1. The Labute approximate surface area is 127 Å². The van der Waals surface area contributed by atoms with Crippen LogP contribution in [-0.4, -0.2) is 32.2 Å². The fraction of sp³-hybridized carbons (Fsp3) is 0.467. The summed E-state index contributed by atoms with van der Waals surface area (Å²) in [5.74, 6) is -0.163. The number of aromatic nitrogens is 4. The number of hydrogen-bond donors (Lipinski definition) is 1. The summed E-state index contributed by atoms with van der Waals surface area (Å²) in [5, 5.41) is 14.8. The second-order valence-electron chi connectivity index (χ2n) is 5.56. The fourth-order valence-electron chi connectivity index (χ4n) is 2.70. The monoisotopic (exact) mass is 303 g/mol. The molecule has 0 bridgehead atoms. The molecule has 1 aliphatic carbocycles. The molecule has 0 saturated heterocycles. The molecule has 7 heteroatoms. The summed E-state index contributed by atoms with van der Waals surface area (Å²) in [6.07, 6.45) is 5.64. The number of halogens is 1. The number of tetrazole rings is 1. The third kappa shape index (κ3) is 3.66. The van der Waals surface area contributed by atoms with E-state index in [1.165, 1.54) is 23.4 Å². The van der Waals surface area contributed by atoms with Crippen LogP contribution in [0.3, 0.4) is 0 Å². The van der Waals surface area contributed by atoms with Crippen LogP contribution in [0.25, 0.3) is 11.4 Å². The first-order chi connectivity index (χ1) is 10.7. The average molecular weight is 303 g/mol. The Kier molecular flexibility index (Phi) is 4.41. The van der Waals surface area contributed by atoms with Crippen LogP contribution < -0.4 is 5.32 Å². The van der Waals surface area contributed by atoms with Gasteiger partial charge in [0.05, 0.1) is 0 Å². The standard InChI is InChI=1S/C15H18FN5O/c16-12-6-4-5-11(9-12)15-18-20-21(19-15)10-14(22)17-13-7-2-1-3-8-13/h4-6,9,13H,1-3,7-8,10H2,(H,17,22). The van der Waals surface area contributed by atoms with E-state index in [-0.39, 0.29) is 24.3 Å². The Hall–Kier alpha value is -2.31. The van der Waals surface area contributed by atoms with Crippen molar-refractivity contribution in [3.8, 4) is 11.4 Å². The van der Waals surface area contributed by atoms with Crippen LogP contribution in [0.5, 0.6) is 0 Å². The van der Waals surface area contributed by atoms with Crippen LogP contribution in [0.2, 0.25) is 0 Å². The zero-order valence-electron chi connectivity index (χ0n) is 12.2. The predicted molar refractivity (Wildman–Crippen MR) is 78.2 cm³/mol. The van der Waals surface area contributed by atoms with Gasteiger partial charge >= 0.3 is 0 Å². The van der Waals surface area contributed by atoms with E-state index in [9.17, 15) is 9.18 Å². The van der Waals surface area contributed by atoms with E-state index < -0.39 is 0 Å². The molecule has 0 unspecified atom stereocenters. The van der Waals surface area contributed by atoms with Crippen molar-refractivity contribution in [2.45, 2.75) is 44.7 Å². The van der Waals surface area contributed by atoms with Gasteiger partial charge in [0.15, 0.2) is 0 Å². The minimum Gasteiger partial charge on any atom is -0.352 e. The number of amides is 1. The molecule has 1 amide bonds. The molecule has 3 rings (SSSR count). The zero-order valence-corrected chi connectivity index (χ0v) is 12.2. The van der Waals surface area contributed by atoms with Crippen molar-refractivity contribution >= 4 is 5.91 Å². The van der Waals surface area contributed by atoms with Gasteiger partial charge in [-0.15, -0.1) is 10.2 Å². The lowest BCUT2D eigenvalue weighted by atomic mass is 9.95. The van der Waals surface area contributed by atoms with E-state index in [1.54, 1.807) is 12.1 Å². The normalized spacial score (nSPS) is 15.7. The van der Waals surface area contributed by atoms with Crippen molar-refractivity contribution in [1.29, 1.82) is 0 Å². The van der Waals surface area contributed by atoms with Crippen molar-refractivity contribution in [1.82, 2.24) is 25.5 Å². The van der Waals surface area contributed by atoms with Gasteiger partial charge in [-0.1, -0.05) is 31.4 Å². The third-order valence-electron chi connectivity index (χ3n) is 3.79. The van der Waals surface area contributed by atoms with E-state index in [1.807, 2.05) is 0 Å². The molecular formula is C15H18FN5O. The Balaban J connectivity index is 1.60. The molecule has 0 aliphatic heterocycles. The molecule has 2 aromatic rings. The molecular weight excluding hydrogens is 285 g/mol. The molecule has 116 valence electrons. The Morgan fingerprint density at radius 1 is 1.32 bits per heavy atom. The summed E-state index contributed by atoms with van der Waals surface area (Å²) in [4.78, 5) is 13.2. The Morgan fingerprint density at radius 3 is 2.91 bits per heavy atom.